The molecule has 2 aromatic carbocycles. The summed E-state index contributed by atoms with van der Waals surface area (Å²) < 4.78 is 13.3. The number of rotatable bonds is 3. The van der Waals surface area contributed by atoms with Gasteiger partial charge in [-0.15, -0.1) is 0 Å². The molecule has 1 fully saturated rings. The molecule has 2 aliphatic rings. The van der Waals surface area contributed by atoms with Gasteiger partial charge in [-0.1, -0.05) is 30.3 Å². The van der Waals surface area contributed by atoms with Crippen LogP contribution < -0.4 is 10.6 Å². The number of guanidine groups is 1. The van der Waals surface area contributed by atoms with Crippen LogP contribution in [0.25, 0.3) is 0 Å². The molecule has 1 atom stereocenters. The first kappa shape index (κ1) is 15.1. The SMILES string of the molecule is NC1=NCC2(CCN(Cc3ccccc3)C2)N1c1ccc(F)cc1. The van der Waals surface area contributed by atoms with Gasteiger partial charge in [0.15, 0.2) is 5.96 Å². The highest BCUT2D eigenvalue weighted by Gasteiger charge is 2.47. The van der Waals surface area contributed by atoms with Gasteiger partial charge >= 0.3 is 0 Å². The first-order valence-electron chi connectivity index (χ1n) is 8.28. The van der Waals surface area contributed by atoms with Crippen LogP contribution in [0.4, 0.5) is 10.1 Å². The first-order chi connectivity index (χ1) is 11.7. The molecular formula is C19H21FN4. The molecule has 1 unspecified atom stereocenters. The van der Waals surface area contributed by atoms with Crippen molar-refractivity contribution in [1.82, 2.24) is 4.90 Å². The van der Waals surface area contributed by atoms with Gasteiger partial charge in [0.05, 0.1) is 12.1 Å². The summed E-state index contributed by atoms with van der Waals surface area (Å²) in [4.78, 5) is 9.03. The smallest absolute Gasteiger partial charge is 0.196 e. The minimum absolute atomic E-state index is 0.114. The average Bonchev–Trinajstić information content (AvgIpc) is 3.14. The Hall–Kier alpha value is -2.40. The lowest BCUT2D eigenvalue weighted by atomic mass is 9.97. The normalized spacial score (nSPS) is 23.9. The van der Waals surface area contributed by atoms with Crippen LogP contribution in [0.15, 0.2) is 59.6 Å². The van der Waals surface area contributed by atoms with Gasteiger partial charge in [0.2, 0.25) is 0 Å². The lowest BCUT2D eigenvalue weighted by molar-refractivity contribution is 0.308. The van der Waals surface area contributed by atoms with E-state index in [1.165, 1.54) is 17.7 Å². The van der Waals surface area contributed by atoms with E-state index in [2.05, 4.69) is 39.1 Å². The summed E-state index contributed by atoms with van der Waals surface area (Å²) in [7, 11) is 0. The van der Waals surface area contributed by atoms with Gasteiger partial charge in [-0.25, -0.2) is 4.39 Å². The van der Waals surface area contributed by atoms with Crippen LogP contribution in [0, 0.1) is 5.82 Å². The van der Waals surface area contributed by atoms with Crippen molar-refractivity contribution in [1.29, 1.82) is 0 Å². The van der Waals surface area contributed by atoms with E-state index in [0.29, 0.717) is 12.5 Å². The van der Waals surface area contributed by atoms with E-state index in [1.807, 2.05) is 6.07 Å². The summed E-state index contributed by atoms with van der Waals surface area (Å²) in [5.41, 5.74) is 8.28. The number of nitrogens with zero attached hydrogens (tertiary/aromatic N) is 3. The van der Waals surface area contributed by atoms with Crippen LogP contribution in [0.2, 0.25) is 0 Å². The Bertz CT molecular complexity index is 744. The van der Waals surface area contributed by atoms with Gasteiger partial charge in [-0.3, -0.25) is 9.89 Å². The van der Waals surface area contributed by atoms with Crippen molar-refractivity contribution in [3.05, 3.63) is 66.0 Å². The van der Waals surface area contributed by atoms with Crippen molar-refractivity contribution in [2.75, 3.05) is 24.5 Å². The van der Waals surface area contributed by atoms with Gasteiger partial charge in [-0.2, -0.15) is 0 Å². The molecule has 0 amide bonds. The van der Waals surface area contributed by atoms with Gasteiger partial charge in [0.25, 0.3) is 0 Å². The van der Waals surface area contributed by atoms with Crippen LogP contribution in [0.3, 0.4) is 0 Å². The minimum atomic E-state index is -0.236. The fraction of sp³-hybridized carbons (Fsp3) is 0.316. The highest BCUT2D eigenvalue weighted by Crippen LogP contribution is 2.36. The maximum Gasteiger partial charge on any atom is 0.196 e. The number of hydrogen-bond donors (Lipinski definition) is 1. The first-order valence-corrected chi connectivity index (χ1v) is 8.28. The van der Waals surface area contributed by atoms with Gasteiger partial charge in [-0.05, 0) is 36.2 Å². The third-order valence-electron chi connectivity index (χ3n) is 4.98. The molecule has 0 aromatic heterocycles. The molecule has 2 heterocycles. The fourth-order valence-electron chi connectivity index (χ4n) is 3.84. The molecule has 2 aromatic rings. The molecule has 2 N–H and O–H groups in total. The monoisotopic (exact) mass is 324 g/mol. The second-order valence-corrected chi connectivity index (χ2v) is 6.66. The van der Waals surface area contributed by atoms with Crippen LogP contribution >= 0.6 is 0 Å². The summed E-state index contributed by atoms with van der Waals surface area (Å²) in [6, 6.07) is 17.0. The molecule has 124 valence electrons. The summed E-state index contributed by atoms with van der Waals surface area (Å²) in [6.07, 6.45) is 1.00. The Balaban J connectivity index is 1.55. The molecule has 1 saturated heterocycles. The number of hydrogen-bond acceptors (Lipinski definition) is 4. The number of halogens is 1. The number of aliphatic imine (C=N–C) groups is 1. The Morgan fingerprint density at radius 3 is 2.58 bits per heavy atom. The molecule has 24 heavy (non-hydrogen) atoms. The van der Waals surface area contributed by atoms with Crippen molar-refractivity contribution in [2.45, 2.75) is 18.5 Å². The number of benzene rings is 2. The maximum absolute atomic E-state index is 13.3. The molecule has 1 spiro atoms. The van der Waals surface area contributed by atoms with E-state index in [4.69, 9.17) is 5.73 Å². The summed E-state index contributed by atoms with van der Waals surface area (Å²) >= 11 is 0. The van der Waals surface area contributed by atoms with E-state index >= 15 is 0 Å². The van der Waals surface area contributed by atoms with Gasteiger partial charge < -0.3 is 10.6 Å². The third-order valence-corrected chi connectivity index (χ3v) is 4.98. The Kier molecular flexibility index (Phi) is 3.73. The number of anilines is 1. The molecule has 0 radical (unpaired) electrons. The topological polar surface area (TPSA) is 44.9 Å². The predicted octanol–water partition coefficient (Wildman–Crippen LogP) is 2.61. The molecule has 4 nitrogen and oxygen atoms in total. The summed E-state index contributed by atoms with van der Waals surface area (Å²) in [5, 5.41) is 0. The summed E-state index contributed by atoms with van der Waals surface area (Å²) in [5.74, 6) is 0.294. The zero-order valence-corrected chi connectivity index (χ0v) is 13.5. The molecule has 4 rings (SSSR count). The second-order valence-electron chi connectivity index (χ2n) is 6.66. The largest absolute Gasteiger partial charge is 0.369 e. The third kappa shape index (κ3) is 2.65. The van der Waals surface area contributed by atoms with Crippen LogP contribution in [-0.4, -0.2) is 36.0 Å². The quantitative estimate of drug-likeness (QED) is 0.944. The molecule has 2 aliphatic heterocycles. The van der Waals surface area contributed by atoms with Crippen molar-refractivity contribution in [2.24, 2.45) is 10.7 Å². The second kappa shape index (κ2) is 5.91. The van der Waals surface area contributed by atoms with Crippen molar-refractivity contribution < 1.29 is 4.39 Å². The van der Waals surface area contributed by atoms with Crippen LogP contribution in [0.1, 0.15) is 12.0 Å². The van der Waals surface area contributed by atoms with E-state index in [9.17, 15) is 4.39 Å². The van der Waals surface area contributed by atoms with E-state index < -0.39 is 0 Å². The number of likely N-dealkylation sites (tertiary alicyclic amines) is 1. The molecular weight excluding hydrogens is 303 g/mol. The zero-order chi connectivity index (χ0) is 16.6. The van der Waals surface area contributed by atoms with Crippen LogP contribution in [0.5, 0.6) is 0 Å². The highest BCUT2D eigenvalue weighted by molar-refractivity contribution is 5.98. The predicted molar refractivity (Wildman–Crippen MR) is 94.4 cm³/mol. The Morgan fingerprint density at radius 1 is 1.08 bits per heavy atom. The van der Waals surface area contributed by atoms with E-state index in [0.717, 1.165) is 31.7 Å². The van der Waals surface area contributed by atoms with Gasteiger partial charge in [0.1, 0.15) is 5.82 Å². The summed E-state index contributed by atoms with van der Waals surface area (Å²) in [6.45, 7) is 3.54. The lowest BCUT2D eigenvalue weighted by Gasteiger charge is -2.36. The zero-order valence-electron chi connectivity index (χ0n) is 13.5. The van der Waals surface area contributed by atoms with Crippen molar-refractivity contribution in [3.63, 3.8) is 0 Å². The Labute approximate surface area is 141 Å². The molecule has 5 heteroatoms. The minimum Gasteiger partial charge on any atom is -0.369 e. The van der Waals surface area contributed by atoms with Crippen molar-refractivity contribution >= 4 is 11.6 Å². The lowest BCUT2D eigenvalue weighted by Crippen LogP contribution is -2.53. The maximum atomic E-state index is 13.3. The van der Waals surface area contributed by atoms with Crippen LogP contribution in [-0.2, 0) is 6.54 Å². The molecule has 0 saturated carbocycles. The standard InChI is InChI=1S/C19H21FN4/c20-16-6-8-17(9-7-16)24-18(21)22-13-19(24)10-11-23(14-19)12-15-4-2-1-3-5-15/h1-9H,10-14H2,(H2,21,22). The molecule has 0 bridgehead atoms. The fourth-order valence-corrected chi connectivity index (χ4v) is 3.84. The van der Waals surface area contributed by atoms with E-state index in [-0.39, 0.29) is 11.4 Å². The average molecular weight is 324 g/mol. The highest BCUT2D eigenvalue weighted by atomic mass is 19.1. The van der Waals surface area contributed by atoms with Crippen molar-refractivity contribution in [3.8, 4) is 0 Å². The Morgan fingerprint density at radius 2 is 1.83 bits per heavy atom. The van der Waals surface area contributed by atoms with E-state index in [1.54, 1.807) is 12.1 Å². The van der Waals surface area contributed by atoms with Gasteiger partial charge in [0, 0.05) is 25.3 Å². The number of nitrogens with two attached hydrogens (primary N) is 1. The molecule has 0 aliphatic carbocycles.